The van der Waals surface area contributed by atoms with E-state index in [2.05, 4.69) is 20.6 Å². The number of methoxy groups -OCH3 is 2. The summed E-state index contributed by atoms with van der Waals surface area (Å²) in [7, 11) is 3.12. The van der Waals surface area contributed by atoms with Crippen molar-refractivity contribution >= 4 is 0 Å². The minimum Gasteiger partial charge on any atom is -0.394 e. The van der Waals surface area contributed by atoms with Crippen LogP contribution in [0.1, 0.15) is 30.1 Å². The number of benzene rings is 1. The van der Waals surface area contributed by atoms with E-state index in [1.165, 1.54) is 37.0 Å². The van der Waals surface area contributed by atoms with E-state index >= 15 is 0 Å². The molecule has 200 valence electrons. The molecule has 37 heavy (non-hydrogen) atoms. The molecule has 1 aliphatic heterocycles. The first-order valence-corrected chi connectivity index (χ1v) is 12.1. The molecule has 2 N–H and O–H groups in total. The van der Waals surface area contributed by atoms with Gasteiger partial charge in [-0.15, -0.1) is 10.2 Å². The number of hydrogen-bond donors (Lipinski definition) is 2. The summed E-state index contributed by atoms with van der Waals surface area (Å²) >= 11 is 0. The maximum Gasteiger partial charge on any atom is 0.168 e. The van der Waals surface area contributed by atoms with Crippen LogP contribution in [0.25, 0.3) is 11.3 Å². The van der Waals surface area contributed by atoms with Crippen molar-refractivity contribution in [1.29, 1.82) is 0 Å². The summed E-state index contributed by atoms with van der Waals surface area (Å²) in [5.74, 6) is -1.99. The van der Waals surface area contributed by atoms with Gasteiger partial charge in [0.15, 0.2) is 11.6 Å². The van der Waals surface area contributed by atoms with Crippen molar-refractivity contribution in [1.82, 2.24) is 30.0 Å². The Balaban J connectivity index is 1.42. The van der Waals surface area contributed by atoms with Crippen LogP contribution in [0.5, 0.6) is 0 Å². The average molecular weight is 521 g/mol. The lowest BCUT2D eigenvalue weighted by molar-refractivity contribution is -0.212. The van der Waals surface area contributed by atoms with E-state index in [0.717, 1.165) is 12.8 Å². The minimum atomic E-state index is -1.22. The largest absolute Gasteiger partial charge is 0.394 e. The summed E-state index contributed by atoms with van der Waals surface area (Å²) in [5.41, 5.74) is 0.688. The Bertz CT molecular complexity index is 1250. The number of halogens is 2. The highest BCUT2D eigenvalue weighted by Gasteiger charge is 2.48. The smallest absolute Gasteiger partial charge is 0.168 e. The van der Waals surface area contributed by atoms with Gasteiger partial charge in [0.05, 0.1) is 36.7 Å². The summed E-state index contributed by atoms with van der Waals surface area (Å²) in [5, 5.41) is 37.6. The molecule has 0 bridgehead atoms. The van der Waals surface area contributed by atoms with Gasteiger partial charge in [0, 0.05) is 32.4 Å². The lowest BCUT2D eigenvalue weighted by atomic mass is 9.90. The predicted octanol–water partition coefficient (Wildman–Crippen LogP) is 1.18. The van der Waals surface area contributed by atoms with E-state index < -0.39 is 48.7 Å². The summed E-state index contributed by atoms with van der Waals surface area (Å²) in [6.07, 6.45) is 1.94. The average Bonchev–Trinajstić information content (AvgIpc) is 3.27. The van der Waals surface area contributed by atoms with Crippen molar-refractivity contribution in [3.05, 3.63) is 47.4 Å². The number of aliphatic hydroxyl groups is 2. The second-order valence-electron chi connectivity index (χ2n) is 9.73. The number of hydrogen-bond acceptors (Lipinski definition) is 9. The fourth-order valence-electron chi connectivity index (χ4n) is 5.00. The third kappa shape index (κ3) is 4.66. The van der Waals surface area contributed by atoms with Crippen LogP contribution < -0.4 is 0 Å². The van der Waals surface area contributed by atoms with Crippen molar-refractivity contribution in [3.8, 4) is 11.3 Å². The van der Waals surface area contributed by atoms with E-state index in [9.17, 15) is 19.0 Å². The van der Waals surface area contributed by atoms with E-state index in [4.69, 9.17) is 14.2 Å². The molecular formula is C24H30F2N6O5. The molecule has 0 radical (unpaired) electrons. The molecule has 0 unspecified atom stereocenters. The maximum absolute atomic E-state index is 14.6. The third-order valence-corrected chi connectivity index (χ3v) is 7.28. The van der Waals surface area contributed by atoms with Crippen molar-refractivity contribution in [2.24, 2.45) is 0 Å². The van der Waals surface area contributed by atoms with Gasteiger partial charge in [0.25, 0.3) is 0 Å². The van der Waals surface area contributed by atoms with Crippen LogP contribution in [0.3, 0.4) is 0 Å². The van der Waals surface area contributed by atoms with Gasteiger partial charge in [-0.25, -0.2) is 18.1 Å². The number of nitrogens with zero attached hydrogens (tertiary/aromatic N) is 6. The molecule has 2 aliphatic rings. The Hall–Kier alpha value is -2.84. The lowest BCUT2D eigenvalue weighted by Crippen LogP contribution is -2.57. The number of aliphatic hydroxyl groups excluding tert-OH is 2. The molecule has 5 rings (SSSR count). The summed E-state index contributed by atoms with van der Waals surface area (Å²) < 4.78 is 48.9. The Labute approximate surface area is 211 Å². The zero-order valence-corrected chi connectivity index (χ0v) is 20.8. The van der Waals surface area contributed by atoms with Gasteiger partial charge in [-0.1, -0.05) is 16.5 Å². The first kappa shape index (κ1) is 25.8. The van der Waals surface area contributed by atoms with Crippen molar-refractivity contribution in [2.75, 3.05) is 27.4 Å². The lowest BCUT2D eigenvalue weighted by Gasteiger charge is -2.43. The summed E-state index contributed by atoms with van der Waals surface area (Å²) in [6.45, 7) is 1.56. The van der Waals surface area contributed by atoms with E-state index in [1.54, 1.807) is 7.11 Å². The van der Waals surface area contributed by atoms with Gasteiger partial charge < -0.3 is 24.4 Å². The molecule has 13 heteroatoms. The Morgan fingerprint density at radius 2 is 1.89 bits per heavy atom. The summed E-state index contributed by atoms with van der Waals surface area (Å²) in [4.78, 5) is 0. The topological polar surface area (TPSA) is 130 Å². The van der Waals surface area contributed by atoms with Crippen LogP contribution in [-0.2, 0) is 26.2 Å². The second-order valence-corrected chi connectivity index (χ2v) is 9.73. The zero-order valence-electron chi connectivity index (χ0n) is 20.8. The van der Waals surface area contributed by atoms with Crippen LogP contribution in [0, 0.1) is 18.6 Å². The molecule has 11 nitrogen and oxygen atoms in total. The van der Waals surface area contributed by atoms with Crippen molar-refractivity contribution in [2.45, 2.75) is 62.2 Å². The maximum atomic E-state index is 14.6. The van der Waals surface area contributed by atoms with Crippen LogP contribution in [0.15, 0.2) is 24.5 Å². The van der Waals surface area contributed by atoms with Gasteiger partial charge in [-0.05, 0) is 31.4 Å². The minimum absolute atomic E-state index is 0.0539. The quantitative estimate of drug-likeness (QED) is 0.427. The molecule has 1 aromatic carbocycles. The van der Waals surface area contributed by atoms with Crippen LogP contribution in [0.2, 0.25) is 0 Å². The molecule has 2 aromatic heterocycles. The number of aromatic nitrogens is 6. The molecule has 3 aromatic rings. The summed E-state index contributed by atoms with van der Waals surface area (Å²) in [6, 6.07) is 2.05. The Morgan fingerprint density at radius 3 is 2.57 bits per heavy atom. The molecule has 2 fully saturated rings. The number of ether oxygens (including phenoxy) is 3. The third-order valence-electron chi connectivity index (χ3n) is 7.28. The first-order valence-electron chi connectivity index (χ1n) is 12.1. The number of aryl methyl sites for hydroxylation is 1. The van der Waals surface area contributed by atoms with Crippen LogP contribution >= 0.6 is 0 Å². The molecule has 0 spiro atoms. The predicted molar refractivity (Wildman–Crippen MR) is 125 cm³/mol. The molecule has 5 atom stereocenters. The Kier molecular flexibility index (Phi) is 7.07. The molecule has 1 saturated carbocycles. The molecule has 0 amide bonds. The highest BCUT2D eigenvalue weighted by Crippen LogP contribution is 2.43. The first-order chi connectivity index (χ1) is 17.8. The Morgan fingerprint density at radius 1 is 1.11 bits per heavy atom. The van der Waals surface area contributed by atoms with Gasteiger partial charge in [0.2, 0.25) is 0 Å². The standard InChI is InChI=1S/C24H30F2N6O5/c1-13-4-5-15(20(26)19(13)25)16-10-31(29-28-16)21-22(34)18(11-33)37-17(23(21)36-3)8-14-9-32(30-27-14)24(6-7-24)12-35-2/h4-5,9-10,17-18,21-23,33-34H,6-8,11-12H2,1-3H3/t17-,18-,21+,22+,23+/m1/s1. The zero-order chi connectivity index (χ0) is 26.3. The van der Waals surface area contributed by atoms with Crippen molar-refractivity contribution in [3.63, 3.8) is 0 Å². The highest BCUT2D eigenvalue weighted by atomic mass is 19.2. The normalized spacial score (nSPS) is 26.9. The molecular weight excluding hydrogens is 490 g/mol. The van der Waals surface area contributed by atoms with E-state index in [1.807, 2.05) is 10.9 Å². The number of rotatable bonds is 9. The van der Waals surface area contributed by atoms with E-state index in [0.29, 0.717) is 18.7 Å². The van der Waals surface area contributed by atoms with Gasteiger partial charge in [-0.3, -0.25) is 0 Å². The highest BCUT2D eigenvalue weighted by molar-refractivity contribution is 5.59. The van der Waals surface area contributed by atoms with Gasteiger partial charge >= 0.3 is 0 Å². The fourth-order valence-corrected chi connectivity index (χ4v) is 5.00. The van der Waals surface area contributed by atoms with E-state index in [-0.39, 0.29) is 22.4 Å². The van der Waals surface area contributed by atoms with Gasteiger partial charge in [0.1, 0.15) is 30.0 Å². The fraction of sp³-hybridized carbons (Fsp3) is 0.583. The molecule has 1 saturated heterocycles. The van der Waals surface area contributed by atoms with Gasteiger partial charge in [-0.2, -0.15) is 0 Å². The molecule has 1 aliphatic carbocycles. The van der Waals surface area contributed by atoms with Crippen molar-refractivity contribution < 1.29 is 33.2 Å². The molecule has 3 heterocycles. The monoisotopic (exact) mass is 520 g/mol. The van der Waals surface area contributed by atoms with Crippen LogP contribution in [-0.4, -0.2) is 92.1 Å². The van der Waals surface area contributed by atoms with Crippen LogP contribution in [0.4, 0.5) is 8.78 Å². The second kappa shape index (κ2) is 10.1. The SMILES string of the molecule is COCC1(n2cc(C[C@H]3O[C@H](CO)[C@H](O)[C@H](n4cc(-c5ccc(C)c(F)c5F)nn4)[C@H]3OC)nn2)CC1.